The molecule has 1 aromatic carbocycles. The van der Waals surface area contributed by atoms with Crippen molar-refractivity contribution in [3.8, 4) is 11.5 Å². The fraction of sp³-hybridized carbons (Fsp3) is 0.625. The lowest BCUT2D eigenvalue weighted by Crippen LogP contribution is -2.22. The van der Waals surface area contributed by atoms with Gasteiger partial charge in [0.05, 0.1) is 13.7 Å². The van der Waals surface area contributed by atoms with Crippen molar-refractivity contribution in [3.63, 3.8) is 0 Å². The zero-order valence-corrected chi connectivity index (χ0v) is 12.7. The maximum absolute atomic E-state index is 5.95. The van der Waals surface area contributed by atoms with Crippen LogP contribution in [0.2, 0.25) is 0 Å². The highest BCUT2D eigenvalue weighted by molar-refractivity contribution is 5.40. The second-order valence-corrected chi connectivity index (χ2v) is 5.25. The van der Waals surface area contributed by atoms with Crippen LogP contribution in [0.25, 0.3) is 0 Å². The molecule has 112 valence electrons. The quantitative estimate of drug-likeness (QED) is 0.740. The summed E-state index contributed by atoms with van der Waals surface area (Å²) in [5, 5.41) is 3.17. The van der Waals surface area contributed by atoms with Crippen molar-refractivity contribution in [2.24, 2.45) is 0 Å². The molecule has 1 heterocycles. The summed E-state index contributed by atoms with van der Waals surface area (Å²) in [6, 6.07) is 6.01. The largest absolute Gasteiger partial charge is 0.497 e. The number of nitrogens with zero attached hydrogens (tertiary/aromatic N) is 1. The van der Waals surface area contributed by atoms with Gasteiger partial charge in [-0.1, -0.05) is 6.07 Å². The van der Waals surface area contributed by atoms with Gasteiger partial charge in [-0.15, -0.1) is 0 Å². The summed E-state index contributed by atoms with van der Waals surface area (Å²) in [6.07, 6.45) is 3.78. The lowest BCUT2D eigenvalue weighted by atomic mass is 10.2. The predicted molar refractivity (Wildman–Crippen MR) is 81.5 cm³/mol. The van der Waals surface area contributed by atoms with Crippen LogP contribution < -0.4 is 14.8 Å². The molecule has 0 atom stereocenters. The normalized spacial score (nSPS) is 15.5. The molecule has 1 N–H and O–H groups in total. The van der Waals surface area contributed by atoms with E-state index < -0.39 is 0 Å². The van der Waals surface area contributed by atoms with Gasteiger partial charge in [0.25, 0.3) is 0 Å². The fourth-order valence-corrected chi connectivity index (χ4v) is 2.61. The molecule has 1 saturated heterocycles. The van der Waals surface area contributed by atoms with E-state index in [2.05, 4.69) is 16.3 Å². The molecule has 0 amide bonds. The van der Waals surface area contributed by atoms with E-state index in [-0.39, 0.29) is 0 Å². The summed E-state index contributed by atoms with van der Waals surface area (Å²) in [4.78, 5) is 2.52. The maximum atomic E-state index is 5.95. The topological polar surface area (TPSA) is 33.7 Å². The first-order valence-electron chi connectivity index (χ1n) is 7.50. The molecule has 20 heavy (non-hydrogen) atoms. The molecular formula is C16H26N2O2. The van der Waals surface area contributed by atoms with Crippen molar-refractivity contribution in [2.45, 2.75) is 25.8 Å². The van der Waals surface area contributed by atoms with E-state index in [9.17, 15) is 0 Å². The van der Waals surface area contributed by atoms with E-state index >= 15 is 0 Å². The van der Waals surface area contributed by atoms with Gasteiger partial charge in [-0.25, -0.2) is 0 Å². The molecule has 0 aliphatic carbocycles. The number of benzene rings is 1. The molecule has 1 aliphatic rings. The van der Waals surface area contributed by atoms with Gasteiger partial charge < -0.3 is 19.7 Å². The second kappa shape index (κ2) is 8.12. The monoisotopic (exact) mass is 278 g/mol. The molecule has 4 heteroatoms. The van der Waals surface area contributed by atoms with Gasteiger partial charge in [-0.3, -0.25) is 0 Å². The van der Waals surface area contributed by atoms with Gasteiger partial charge in [0.1, 0.15) is 11.5 Å². The highest BCUT2D eigenvalue weighted by Gasteiger charge is 2.11. The summed E-state index contributed by atoms with van der Waals surface area (Å²) >= 11 is 0. The van der Waals surface area contributed by atoms with Crippen LogP contribution in [0.1, 0.15) is 24.8 Å². The average molecular weight is 278 g/mol. The number of nitrogens with one attached hydrogen (secondary N) is 1. The van der Waals surface area contributed by atoms with Crippen LogP contribution in [0, 0.1) is 0 Å². The van der Waals surface area contributed by atoms with E-state index in [1.165, 1.54) is 31.5 Å². The van der Waals surface area contributed by atoms with E-state index in [0.717, 1.165) is 37.6 Å². The Morgan fingerprint density at radius 1 is 1.25 bits per heavy atom. The third-order valence-electron chi connectivity index (χ3n) is 3.72. The molecule has 1 aromatic rings. The first kappa shape index (κ1) is 15.1. The van der Waals surface area contributed by atoms with Gasteiger partial charge in [0.2, 0.25) is 0 Å². The van der Waals surface area contributed by atoms with Crippen molar-refractivity contribution >= 4 is 0 Å². The minimum atomic E-state index is 0.764. The van der Waals surface area contributed by atoms with Crippen LogP contribution in [-0.2, 0) is 6.54 Å². The number of likely N-dealkylation sites (tertiary alicyclic amines) is 1. The summed E-state index contributed by atoms with van der Waals surface area (Å²) in [7, 11) is 3.63. The molecule has 2 rings (SSSR count). The Labute approximate surface area is 122 Å². The highest BCUT2D eigenvalue weighted by atomic mass is 16.5. The van der Waals surface area contributed by atoms with Crippen molar-refractivity contribution < 1.29 is 9.47 Å². The van der Waals surface area contributed by atoms with Crippen molar-refractivity contribution in [1.29, 1.82) is 0 Å². The van der Waals surface area contributed by atoms with Crippen molar-refractivity contribution in [1.82, 2.24) is 10.2 Å². The molecule has 0 saturated carbocycles. The first-order chi connectivity index (χ1) is 9.83. The molecule has 1 aliphatic heterocycles. The Bertz CT molecular complexity index is 403. The van der Waals surface area contributed by atoms with Crippen LogP contribution in [0.4, 0.5) is 0 Å². The predicted octanol–water partition coefficient (Wildman–Crippen LogP) is 2.28. The minimum Gasteiger partial charge on any atom is -0.497 e. The average Bonchev–Trinajstić information content (AvgIpc) is 2.98. The summed E-state index contributed by atoms with van der Waals surface area (Å²) in [5.41, 5.74) is 1.18. The molecule has 0 radical (unpaired) electrons. The number of methoxy groups -OCH3 is 1. The summed E-state index contributed by atoms with van der Waals surface area (Å²) < 4.78 is 11.2. The smallest absolute Gasteiger partial charge is 0.127 e. The van der Waals surface area contributed by atoms with E-state index in [0.29, 0.717) is 0 Å². The van der Waals surface area contributed by atoms with Crippen molar-refractivity contribution in [3.05, 3.63) is 23.8 Å². The summed E-state index contributed by atoms with van der Waals surface area (Å²) in [5.74, 6) is 1.78. The second-order valence-electron chi connectivity index (χ2n) is 5.25. The van der Waals surface area contributed by atoms with Crippen LogP contribution >= 0.6 is 0 Å². The third kappa shape index (κ3) is 4.39. The Morgan fingerprint density at radius 2 is 2.05 bits per heavy atom. The van der Waals surface area contributed by atoms with Crippen molar-refractivity contribution in [2.75, 3.05) is 40.4 Å². The molecule has 0 bridgehead atoms. The lowest BCUT2D eigenvalue weighted by molar-refractivity contribution is 0.260. The van der Waals surface area contributed by atoms with Gasteiger partial charge in [-0.05, 0) is 45.5 Å². The number of hydrogen-bond donors (Lipinski definition) is 1. The summed E-state index contributed by atoms with van der Waals surface area (Å²) in [6.45, 7) is 5.23. The zero-order valence-electron chi connectivity index (χ0n) is 12.7. The van der Waals surface area contributed by atoms with Crippen LogP contribution in [-0.4, -0.2) is 45.3 Å². The third-order valence-corrected chi connectivity index (χ3v) is 3.72. The molecular weight excluding hydrogens is 252 g/mol. The standard InChI is InChI=1S/C16H26N2O2/c1-17-13-14-6-7-15(19-2)12-16(14)20-11-5-10-18-8-3-4-9-18/h6-7,12,17H,3-5,8-11,13H2,1-2H3. The Morgan fingerprint density at radius 3 is 2.75 bits per heavy atom. The highest BCUT2D eigenvalue weighted by Crippen LogP contribution is 2.25. The van der Waals surface area contributed by atoms with Gasteiger partial charge in [-0.2, -0.15) is 0 Å². The maximum Gasteiger partial charge on any atom is 0.127 e. The Kier molecular flexibility index (Phi) is 6.15. The Balaban J connectivity index is 1.82. The molecule has 1 fully saturated rings. The van der Waals surface area contributed by atoms with Crippen LogP contribution in [0.5, 0.6) is 11.5 Å². The SMILES string of the molecule is CNCc1ccc(OC)cc1OCCCN1CCCC1. The first-order valence-corrected chi connectivity index (χ1v) is 7.50. The number of rotatable bonds is 8. The van der Waals surface area contributed by atoms with Crippen LogP contribution in [0.15, 0.2) is 18.2 Å². The molecule has 0 aromatic heterocycles. The van der Waals surface area contributed by atoms with E-state index in [4.69, 9.17) is 9.47 Å². The Hall–Kier alpha value is -1.26. The lowest BCUT2D eigenvalue weighted by Gasteiger charge is -2.16. The fourth-order valence-electron chi connectivity index (χ4n) is 2.61. The van der Waals surface area contributed by atoms with E-state index in [1.807, 2.05) is 19.2 Å². The van der Waals surface area contributed by atoms with Gasteiger partial charge >= 0.3 is 0 Å². The molecule has 0 unspecified atom stereocenters. The van der Waals surface area contributed by atoms with E-state index in [1.54, 1.807) is 7.11 Å². The van der Waals surface area contributed by atoms with Gasteiger partial charge in [0.15, 0.2) is 0 Å². The van der Waals surface area contributed by atoms with Gasteiger partial charge in [0, 0.05) is 24.7 Å². The number of hydrogen-bond acceptors (Lipinski definition) is 4. The number of ether oxygens (including phenoxy) is 2. The zero-order chi connectivity index (χ0) is 14.2. The minimum absolute atomic E-state index is 0.764. The molecule has 4 nitrogen and oxygen atoms in total. The molecule has 0 spiro atoms. The van der Waals surface area contributed by atoms with Crippen LogP contribution in [0.3, 0.4) is 0 Å².